The van der Waals surface area contributed by atoms with Gasteiger partial charge in [-0.05, 0) is 52.6 Å². The van der Waals surface area contributed by atoms with Crippen LogP contribution in [0, 0.1) is 0 Å². The Bertz CT molecular complexity index is 490. The minimum absolute atomic E-state index is 0.724. The molecule has 0 aromatic carbocycles. The van der Waals surface area contributed by atoms with Crippen LogP contribution < -0.4 is 0 Å². The van der Waals surface area contributed by atoms with Gasteiger partial charge in [-0.15, -0.1) is 0 Å². The molecule has 0 unspecified atom stereocenters. The van der Waals surface area contributed by atoms with E-state index in [9.17, 15) is 0 Å². The van der Waals surface area contributed by atoms with Crippen molar-refractivity contribution in [1.29, 1.82) is 0 Å². The Morgan fingerprint density at radius 1 is 0.684 bits per heavy atom. The van der Waals surface area contributed by atoms with Crippen LogP contribution in [0.3, 0.4) is 0 Å². The van der Waals surface area contributed by atoms with Crippen LogP contribution in [0.4, 0.5) is 0 Å². The molecule has 0 aromatic heterocycles. The fourth-order valence-electron chi connectivity index (χ4n) is 4.67. The van der Waals surface area contributed by atoms with E-state index in [-0.39, 0.29) is 0 Å². The molecule has 2 aliphatic rings. The van der Waals surface area contributed by atoms with Crippen molar-refractivity contribution in [2.24, 2.45) is 0 Å². The van der Waals surface area contributed by atoms with Crippen molar-refractivity contribution in [1.82, 2.24) is 0 Å². The van der Waals surface area contributed by atoms with Gasteiger partial charge in [0.2, 0.25) is 0 Å². The van der Waals surface area contributed by atoms with E-state index in [0.717, 1.165) is 11.1 Å². The molecule has 2 aliphatic carbocycles. The molecule has 0 nitrogen and oxygen atoms in total. The number of rotatable bonds is 2. The van der Waals surface area contributed by atoms with Crippen molar-refractivity contribution in [3.05, 3.63) is 45.6 Å². The summed E-state index contributed by atoms with van der Waals surface area (Å²) >= 11 is 0. The van der Waals surface area contributed by atoms with E-state index in [2.05, 4.69) is 66.8 Å². The Morgan fingerprint density at radius 3 is 1.21 bits per heavy atom. The standard InChI is InChI=1S/C18H28Si/c1-11-9-13(3)17(15(11)5)19(7,8)18-14(4)10-12(2)16(18)6/h9-10,17-18H,1-8H3/t17-,18-/m0/s1. The van der Waals surface area contributed by atoms with Crippen LogP contribution in [-0.4, -0.2) is 8.07 Å². The van der Waals surface area contributed by atoms with Crippen LogP contribution >= 0.6 is 0 Å². The predicted molar refractivity (Wildman–Crippen MR) is 89.2 cm³/mol. The Hall–Kier alpha value is -0.823. The van der Waals surface area contributed by atoms with Gasteiger partial charge in [0.05, 0.1) is 8.07 Å². The van der Waals surface area contributed by atoms with E-state index in [0.29, 0.717) is 0 Å². The summed E-state index contributed by atoms with van der Waals surface area (Å²) in [6.07, 6.45) is 4.82. The molecule has 2 rings (SSSR count). The van der Waals surface area contributed by atoms with Crippen LogP contribution in [0.2, 0.25) is 24.2 Å². The highest BCUT2D eigenvalue weighted by atomic mass is 28.3. The largest absolute Gasteiger partial charge is 0.0713 e. The summed E-state index contributed by atoms with van der Waals surface area (Å²) in [6, 6.07) is 0. The van der Waals surface area contributed by atoms with E-state index in [1.165, 1.54) is 11.1 Å². The Morgan fingerprint density at radius 2 is 1.00 bits per heavy atom. The van der Waals surface area contributed by atoms with E-state index in [1.54, 1.807) is 22.3 Å². The molecule has 0 radical (unpaired) electrons. The van der Waals surface area contributed by atoms with Crippen molar-refractivity contribution < 1.29 is 0 Å². The van der Waals surface area contributed by atoms with Crippen molar-refractivity contribution in [2.75, 3.05) is 0 Å². The second-order valence-electron chi connectivity index (χ2n) is 7.20. The first-order chi connectivity index (χ1) is 8.67. The zero-order valence-electron chi connectivity index (χ0n) is 13.8. The van der Waals surface area contributed by atoms with Gasteiger partial charge in [0.1, 0.15) is 0 Å². The molecule has 0 saturated carbocycles. The Labute approximate surface area is 120 Å². The van der Waals surface area contributed by atoms with E-state index >= 15 is 0 Å². The van der Waals surface area contributed by atoms with Crippen LogP contribution in [0.15, 0.2) is 45.6 Å². The summed E-state index contributed by atoms with van der Waals surface area (Å²) in [5.74, 6) is 0. The third-order valence-electron chi connectivity index (χ3n) is 5.40. The maximum absolute atomic E-state index is 2.58. The molecule has 104 valence electrons. The SMILES string of the molecule is CC1=CC(C)=C(C)[C@H]1[Si](C)(C)[C@H]1C(C)=CC(C)=C1C. The lowest BCUT2D eigenvalue weighted by atomic mass is 10.1. The molecule has 0 aliphatic heterocycles. The van der Waals surface area contributed by atoms with Gasteiger partial charge in [0.15, 0.2) is 0 Å². The summed E-state index contributed by atoms with van der Waals surface area (Å²) < 4.78 is 0. The zero-order chi connectivity index (χ0) is 14.5. The lowest BCUT2D eigenvalue weighted by Crippen LogP contribution is -2.39. The smallest absolute Gasteiger partial charge is 0.0686 e. The molecule has 2 atom stereocenters. The summed E-state index contributed by atoms with van der Waals surface area (Å²) in [4.78, 5) is 0. The topological polar surface area (TPSA) is 0 Å². The Kier molecular flexibility index (Phi) is 3.55. The fraction of sp³-hybridized carbons (Fsp3) is 0.556. The zero-order valence-corrected chi connectivity index (χ0v) is 14.8. The lowest BCUT2D eigenvalue weighted by Gasteiger charge is -2.39. The first-order valence-electron chi connectivity index (χ1n) is 7.39. The summed E-state index contributed by atoms with van der Waals surface area (Å²) in [6.45, 7) is 19.1. The lowest BCUT2D eigenvalue weighted by molar-refractivity contribution is 0.978. The van der Waals surface area contributed by atoms with Gasteiger partial charge >= 0.3 is 0 Å². The van der Waals surface area contributed by atoms with Gasteiger partial charge < -0.3 is 0 Å². The molecule has 0 N–H and O–H groups in total. The molecule has 0 heterocycles. The van der Waals surface area contributed by atoms with Gasteiger partial charge in [0.25, 0.3) is 0 Å². The second kappa shape index (κ2) is 4.62. The molecule has 0 spiro atoms. The van der Waals surface area contributed by atoms with Crippen LogP contribution in [-0.2, 0) is 0 Å². The third-order valence-corrected chi connectivity index (χ3v) is 10.1. The molecule has 0 aromatic rings. The maximum atomic E-state index is 2.58. The molecule has 0 saturated heterocycles. The third kappa shape index (κ3) is 2.12. The minimum Gasteiger partial charge on any atom is -0.0686 e. The molecule has 0 bridgehead atoms. The van der Waals surface area contributed by atoms with Crippen molar-refractivity contribution in [2.45, 2.75) is 65.7 Å². The van der Waals surface area contributed by atoms with E-state index in [4.69, 9.17) is 0 Å². The molecule has 0 fully saturated rings. The van der Waals surface area contributed by atoms with Crippen LogP contribution in [0.25, 0.3) is 0 Å². The summed E-state index contributed by atoms with van der Waals surface area (Å²) in [7, 11) is -1.43. The van der Waals surface area contributed by atoms with Gasteiger partial charge in [0, 0.05) is 0 Å². The van der Waals surface area contributed by atoms with Gasteiger partial charge in [-0.2, -0.15) is 0 Å². The monoisotopic (exact) mass is 272 g/mol. The molecule has 0 amide bonds. The fourth-order valence-corrected chi connectivity index (χ4v) is 10.2. The molecule has 1 heteroatoms. The van der Waals surface area contributed by atoms with Gasteiger partial charge in [-0.25, -0.2) is 0 Å². The summed E-state index contributed by atoms with van der Waals surface area (Å²) in [5.41, 5.74) is 10.9. The first kappa shape index (κ1) is 14.6. The van der Waals surface area contributed by atoms with Gasteiger partial charge in [-0.1, -0.05) is 58.7 Å². The average molecular weight is 273 g/mol. The number of hydrogen-bond acceptors (Lipinski definition) is 0. The number of allylic oxidation sites excluding steroid dienone is 8. The highest BCUT2D eigenvalue weighted by molar-refractivity contribution is 6.82. The average Bonchev–Trinajstić information content (AvgIpc) is 2.66. The number of hydrogen-bond donors (Lipinski definition) is 0. The van der Waals surface area contributed by atoms with Crippen molar-refractivity contribution >= 4 is 8.07 Å². The van der Waals surface area contributed by atoms with E-state index in [1.807, 2.05) is 0 Å². The maximum Gasteiger partial charge on any atom is 0.0713 e. The highest BCUT2D eigenvalue weighted by Crippen LogP contribution is 2.53. The second-order valence-corrected chi connectivity index (χ2v) is 12.0. The van der Waals surface area contributed by atoms with E-state index < -0.39 is 8.07 Å². The highest BCUT2D eigenvalue weighted by Gasteiger charge is 2.45. The van der Waals surface area contributed by atoms with Crippen molar-refractivity contribution in [3.8, 4) is 0 Å². The summed E-state index contributed by atoms with van der Waals surface area (Å²) in [5, 5.41) is 0. The van der Waals surface area contributed by atoms with Crippen LogP contribution in [0.5, 0.6) is 0 Å². The molecule has 19 heavy (non-hydrogen) atoms. The van der Waals surface area contributed by atoms with Gasteiger partial charge in [-0.3, -0.25) is 0 Å². The Balaban J connectivity index is 2.46. The normalized spacial score (nSPS) is 28.2. The van der Waals surface area contributed by atoms with Crippen LogP contribution in [0.1, 0.15) is 41.5 Å². The minimum atomic E-state index is -1.43. The molecular weight excluding hydrogens is 244 g/mol. The first-order valence-corrected chi connectivity index (χ1v) is 10.5. The molecular formula is C18H28Si. The quantitative estimate of drug-likeness (QED) is 0.539. The predicted octanol–water partition coefficient (Wildman–Crippen LogP) is 6.03. The van der Waals surface area contributed by atoms with Crippen molar-refractivity contribution in [3.63, 3.8) is 0 Å².